The van der Waals surface area contributed by atoms with Gasteiger partial charge in [-0.05, 0) is 6.42 Å². The Bertz CT molecular complexity index is 70.8. The molecule has 0 radical (unpaired) electrons. The second-order valence-corrected chi connectivity index (χ2v) is 2.36. The van der Waals surface area contributed by atoms with Crippen molar-refractivity contribution in [1.82, 2.24) is 16.0 Å². The van der Waals surface area contributed by atoms with Crippen LogP contribution in [0.4, 0.5) is 0 Å². The second-order valence-electron chi connectivity index (χ2n) is 2.36. The van der Waals surface area contributed by atoms with E-state index >= 15 is 0 Å². The van der Waals surface area contributed by atoms with E-state index in [-0.39, 0.29) is 0 Å². The Morgan fingerprint density at radius 1 is 1.27 bits per heavy atom. The molecule has 0 rings (SSSR count). The minimum absolute atomic E-state index is 0.672. The molecule has 0 unspecified atom stereocenters. The lowest BCUT2D eigenvalue weighted by molar-refractivity contribution is 0.119. The molecule has 0 heterocycles. The van der Waals surface area contributed by atoms with Gasteiger partial charge in [0.05, 0.1) is 0 Å². The van der Waals surface area contributed by atoms with Gasteiger partial charge in [0, 0.05) is 26.2 Å². The quantitative estimate of drug-likeness (QED) is 0.447. The van der Waals surface area contributed by atoms with Crippen LogP contribution < -0.4 is 16.6 Å². The lowest BCUT2D eigenvalue weighted by Gasteiger charge is -2.22. The predicted molar refractivity (Wildman–Crippen MR) is 47.7 cm³/mol. The van der Waals surface area contributed by atoms with Crippen LogP contribution in [0.1, 0.15) is 20.3 Å². The van der Waals surface area contributed by atoms with Gasteiger partial charge in [0.2, 0.25) is 0 Å². The van der Waals surface area contributed by atoms with E-state index in [2.05, 4.69) is 24.7 Å². The number of nitrogens with one attached hydrogen (secondary N) is 2. The second kappa shape index (κ2) is 7.94. The average molecular weight is 160 g/mol. The maximum Gasteiger partial charge on any atom is 0.0285 e. The monoisotopic (exact) mass is 160 g/mol. The van der Waals surface area contributed by atoms with Crippen molar-refractivity contribution in [2.75, 3.05) is 26.2 Å². The van der Waals surface area contributed by atoms with E-state index in [9.17, 15) is 0 Å². The largest absolute Gasteiger partial charge is 0.329 e. The first-order chi connectivity index (χ1) is 5.35. The van der Waals surface area contributed by atoms with Gasteiger partial charge in [0.15, 0.2) is 0 Å². The summed E-state index contributed by atoms with van der Waals surface area (Å²) in [4.78, 5) is 0. The summed E-state index contributed by atoms with van der Waals surface area (Å²) in [5, 5.41) is 1.99. The third-order valence-corrected chi connectivity index (χ3v) is 1.24. The van der Waals surface area contributed by atoms with E-state index < -0.39 is 0 Å². The number of nitrogens with two attached hydrogens (primary N) is 1. The van der Waals surface area contributed by atoms with Crippen LogP contribution in [0.15, 0.2) is 0 Å². The maximum absolute atomic E-state index is 5.35. The van der Waals surface area contributed by atoms with Crippen LogP contribution in [-0.2, 0) is 0 Å². The van der Waals surface area contributed by atoms with E-state index in [1.807, 2.05) is 5.12 Å². The summed E-state index contributed by atoms with van der Waals surface area (Å²) in [6.45, 7) is 7.67. The van der Waals surface area contributed by atoms with Gasteiger partial charge >= 0.3 is 0 Å². The zero-order chi connectivity index (χ0) is 8.53. The minimum atomic E-state index is 0.672. The first-order valence-corrected chi connectivity index (χ1v) is 4.29. The molecule has 4 heteroatoms. The zero-order valence-corrected chi connectivity index (χ0v) is 7.56. The molecule has 0 spiro atoms. The highest BCUT2D eigenvalue weighted by molar-refractivity contribution is 4.45. The van der Waals surface area contributed by atoms with Crippen molar-refractivity contribution >= 4 is 0 Å². The molecule has 68 valence electrons. The standard InChI is InChI=1S/C7H20N4/c1-3-7-11(9-4-2)10-6-5-8/h9-10H,3-8H2,1-2H3. The van der Waals surface area contributed by atoms with Crippen LogP contribution >= 0.6 is 0 Å². The van der Waals surface area contributed by atoms with E-state index in [1.54, 1.807) is 0 Å². The summed E-state index contributed by atoms with van der Waals surface area (Å²) in [5.41, 5.74) is 11.7. The summed E-state index contributed by atoms with van der Waals surface area (Å²) in [6, 6.07) is 0. The summed E-state index contributed by atoms with van der Waals surface area (Å²) in [7, 11) is 0. The van der Waals surface area contributed by atoms with Gasteiger partial charge in [-0.25, -0.2) is 10.9 Å². The molecule has 0 aliphatic carbocycles. The van der Waals surface area contributed by atoms with Crippen molar-refractivity contribution in [3.05, 3.63) is 0 Å². The molecular formula is C7H20N4. The molecule has 4 nitrogen and oxygen atoms in total. The van der Waals surface area contributed by atoms with Gasteiger partial charge < -0.3 is 5.73 Å². The zero-order valence-electron chi connectivity index (χ0n) is 7.56. The third kappa shape index (κ3) is 6.25. The van der Waals surface area contributed by atoms with Gasteiger partial charge in [-0.1, -0.05) is 13.8 Å². The van der Waals surface area contributed by atoms with Crippen molar-refractivity contribution < 1.29 is 0 Å². The summed E-state index contributed by atoms with van der Waals surface area (Å²) in [5.74, 6) is 0. The Balaban J connectivity index is 3.34. The van der Waals surface area contributed by atoms with Crippen molar-refractivity contribution in [3.63, 3.8) is 0 Å². The number of hydrogen-bond acceptors (Lipinski definition) is 4. The smallest absolute Gasteiger partial charge is 0.0285 e. The van der Waals surface area contributed by atoms with E-state index in [1.165, 1.54) is 0 Å². The lowest BCUT2D eigenvalue weighted by atomic mass is 10.5. The molecule has 0 saturated carbocycles. The Morgan fingerprint density at radius 3 is 2.45 bits per heavy atom. The predicted octanol–water partition coefficient (Wildman–Crippen LogP) is -0.314. The van der Waals surface area contributed by atoms with Crippen LogP contribution in [-0.4, -0.2) is 31.3 Å². The fraction of sp³-hybridized carbons (Fsp3) is 1.00. The first-order valence-electron chi connectivity index (χ1n) is 4.29. The molecule has 0 atom stereocenters. The summed E-state index contributed by atoms with van der Waals surface area (Å²) in [6.07, 6.45) is 1.13. The molecule has 0 bridgehead atoms. The fourth-order valence-corrected chi connectivity index (χ4v) is 0.828. The van der Waals surface area contributed by atoms with E-state index in [0.29, 0.717) is 6.54 Å². The lowest BCUT2D eigenvalue weighted by Crippen LogP contribution is -2.49. The molecule has 0 aliphatic rings. The van der Waals surface area contributed by atoms with Crippen molar-refractivity contribution in [1.29, 1.82) is 0 Å². The topological polar surface area (TPSA) is 53.3 Å². The van der Waals surface area contributed by atoms with Crippen LogP contribution in [0.3, 0.4) is 0 Å². The Labute approximate surface area is 69.1 Å². The molecule has 11 heavy (non-hydrogen) atoms. The molecular weight excluding hydrogens is 140 g/mol. The summed E-state index contributed by atoms with van der Waals surface area (Å²) < 4.78 is 0. The van der Waals surface area contributed by atoms with Crippen LogP contribution in [0.25, 0.3) is 0 Å². The molecule has 0 saturated heterocycles. The van der Waals surface area contributed by atoms with E-state index in [0.717, 1.165) is 26.1 Å². The summed E-state index contributed by atoms with van der Waals surface area (Å²) >= 11 is 0. The van der Waals surface area contributed by atoms with Crippen molar-refractivity contribution in [2.24, 2.45) is 5.73 Å². The Hall–Kier alpha value is -0.160. The van der Waals surface area contributed by atoms with Crippen molar-refractivity contribution in [2.45, 2.75) is 20.3 Å². The highest BCUT2D eigenvalue weighted by atomic mass is 15.7. The molecule has 4 N–H and O–H groups in total. The number of hydrogen-bond donors (Lipinski definition) is 3. The normalized spacial score (nSPS) is 10.9. The average Bonchev–Trinajstić information content (AvgIpc) is 2.01. The number of rotatable bonds is 7. The Kier molecular flexibility index (Phi) is 7.83. The maximum atomic E-state index is 5.35. The molecule has 0 aliphatic heterocycles. The highest BCUT2D eigenvalue weighted by Gasteiger charge is 1.97. The SMILES string of the molecule is CCCN(NCC)NCCN. The van der Waals surface area contributed by atoms with Crippen LogP contribution in [0.5, 0.6) is 0 Å². The van der Waals surface area contributed by atoms with E-state index in [4.69, 9.17) is 5.73 Å². The van der Waals surface area contributed by atoms with Crippen LogP contribution in [0.2, 0.25) is 0 Å². The molecule has 0 amide bonds. The molecule has 0 fully saturated rings. The van der Waals surface area contributed by atoms with Crippen molar-refractivity contribution in [3.8, 4) is 0 Å². The Morgan fingerprint density at radius 2 is 2.00 bits per heavy atom. The first kappa shape index (κ1) is 10.8. The molecule has 0 aromatic heterocycles. The van der Waals surface area contributed by atoms with Gasteiger partial charge in [-0.15, -0.1) is 0 Å². The fourth-order valence-electron chi connectivity index (χ4n) is 0.828. The highest BCUT2D eigenvalue weighted by Crippen LogP contribution is 1.79. The van der Waals surface area contributed by atoms with Gasteiger partial charge in [-0.3, -0.25) is 0 Å². The minimum Gasteiger partial charge on any atom is -0.329 e. The third-order valence-electron chi connectivity index (χ3n) is 1.24. The van der Waals surface area contributed by atoms with Crippen LogP contribution in [0, 0.1) is 0 Å². The number of hydrazine groups is 2. The molecule has 0 aromatic rings. The molecule has 0 aromatic carbocycles. The van der Waals surface area contributed by atoms with Gasteiger partial charge in [0.1, 0.15) is 0 Å². The number of nitrogens with zero attached hydrogens (tertiary/aromatic N) is 1. The van der Waals surface area contributed by atoms with Gasteiger partial charge in [-0.2, -0.15) is 5.12 Å². The van der Waals surface area contributed by atoms with Gasteiger partial charge in [0.25, 0.3) is 0 Å².